The van der Waals surface area contributed by atoms with E-state index in [1.54, 1.807) is 6.07 Å². The summed E-state index contributed by atoms with van der Waals surface area (Å²) in [5.41, 5.74) is 5.79. The van der Waals surface area contributed by atoms with Crippen LogP contribution in [-0.2, 0) is 9.84 Å². The molecule has 104 valence electrons. The topological polar surface area (TPSA) is 101 Å². The lowest BCUT2D eigenvalue weighted by molar-refractivity contribution is 0.0765. The second-order valence-corrected chi connectivity index (χ2v) is 6.84. The first-order valence-corrected chi connectivity index (χ1v) is 7.80. The number of hydrogen-bond donors (Lipinski definition) is 2. The molecule has 7 heteroatoms. The molecule has 1 fully saturated rings. The molecule has 3 N–H and O–H groups in total. The van der Waals surface area contributed by atoms with Crippen LogP contribution in [0, 0.1) is 0 Å². The van der Waals surface area contributed by atoms with Crippen molar-refractivity contribution in [2.24, 2.45) is 0 Å². The van der Waals surface area contributed by atoms with Crippen molar-refractivity contribution < 1.29 is 18.3 Å². The van der Waals surface area contributed by atoms with Gasteiger partial charge in [-0.25, -0.2) is 8.42 Å². The largest absolute Gasteiger partial charge is 0.505 e. The average molecular weight is 284 g/mol. The molecule has 0 unspecified atom stereocenters. The van der Waals surface area contributed by atoms with Crippen LogP contribution in [0.1, 0.15) is 16.8 Å². The number of benzene rings is 1. The lowest BCUT2D eigenvalue weighted by Crippen LogP contribution is -2.33. The number of phenolic OH excluding ortho intramolecular Hbond substituents is 1. The number of nitrogens with two attached hydrogens (primary N) is 1. The third-order valence-corrected chi connectivity index (χ3v) is 4.86. The molecule has 2 rings (SSSR count). The van der Waals surface area contributed by atoms with Gasteiger partial charge in [-0.3, -0.25) is 4.79 Å². The maximum absolute atomic E-state index is 12.3. The highest BCUT2D eigenvalue weighted by atomic mass is 32.2. The van der Waals surface area contributed by atoms with Gasteiger partial charge in [-0.05, 0) is 18.6 Å². The predicted molar refractivity (Wildman–Crippen MR) is 71.7 cm³/mol. The van der Waals surface area contributed by atoms with E-state index in [0.717, 1.165) is 0 Å². The van der Waals surface area contributed by atoms with Crippen molar-refractivity contribution in [3.8, 4) is 5.75 Å². The summed E-state index contributed by atoms with van der Waals surface area (Å²) in [7, 11) is -3.07. The van der Waals surface area contributed by atoms with Gasteiger partial charge in [0.1, 0.15) is 0 Å². The van der Waals surface area contributed by atoms with E-state index in [1.807, 2.05) is 0 Å². The molecular weight excluding hydrogens is 268 g/mol. The highest BCUT2D eigenvalue weighted by Gasteiger charge is 2.25. The minimum absolute atomic E-state index is 0.0399. The molecule has 0 radical (unpaired) electrons. The van der Waals surface area contributed by atoms with Gasteiger partial charge in [-0.15, -0.1) is 0 Å². The summed E-state index contributed by atoms with van der Waals surface area (Å²) >= 11 is 0. The Hall–Kier alpha value is -1.76. The van der Waals surface area contributed by atoms with Gasteiger partial charge in [-0.2, -0.15) is 0 Å². The maximum Gasteiger partial charge on any atom is 0.257 e. The molecule has 1 amide bonds. The Balaban J connectivity index is 2.22. The van der Waals surface area contributed by atoms with Crippen molar-refractivity contribution in [3.05, 3.63) is 23.8 Å². The number of rotatable bonds is 1. The van der Waals surface area contributed by atoms with Crippen LogP contribution in [0.4, 0.5) is 5.69 Å². The molecule has 0 spiro atoms. The molecule has 6 nitrogen and oxygen atoms in total. The Morgan fingerprint density at radius 2 is 2.00 bits per heavy atom. The van der Waals surface area contributed by atoms with E-state index in [2.05, 4.69) is 0 Å². The zero-order chi connectivity index (χ0) is 14.0. The molecule has 1 aliphatic heterocycles. The summed E-state index contributed by atoms with van der Waals surface area (Å²) in [6.07, 6.45) is 0.414. The first-order chi connectivity index (χ1) is 8.91. The van der Waals surface area contributed by atoms with Crippen LogP contribution in [0.3, 0.4) is 0 Å². The number of para-hydroxylation sites is 1. The Bertz CT molecular complexity index is 598. The summed E-state index contributed by atoms with van der Waals surface area (Å²) in [6.45, 7) is 0.516. The van der Waals surface area contributed by atoms with Gasteiger partial charge in [0.15, 0.2) is 15.6 Å². The zero-order valence-electron chi connectivity index (χ0n) is 10.4. The highest BCUT2D eigenvalue weighted by Crippen LogP contribution is 2.26. The summed E-state index contributed by atoms with van der Waals surface area (Å²) in [5.74, 6) is -0.580. The third kappa shape index (κ3) is 2.98. The number of carbonyl (C=O) groups is 1. The summed E-state index contributed by atoms with van der Waals surface area (Å²) in [6, 6.07) is 4.56. The molecule has 0 aromatic heterocycles. The van der Waals surface area contributed by atoms with Gasteiger partial charge in [0.05, 0.1) is 22.8 Å². The second kappa shape index (κ2) is 5.08. The molecule has 1 saturated heterocycles. The fourth-order valence-corrected chi connectivity index (χ4v) is 3.32. The normalized spacial score (nSPS) is 18.8. The van der Waals surface area contributed by atoms with Crippen LogP contribution in [-0.4, -0.2) is 48.9 Å². The lowest BCUT2D eigenvalue weighted by Gasteiger charge is -2.20. The molecule has 1 aromatic carbocycles. The van der Waals surface area contributed by atoms with Gasteiger partial charge in [0.25, 0.3) is 5.91 Å². The number of nitrogens with zero attached hydrogens (tertiary/aromatic N) is 1. The number of sulfone groups is 1. The smallest absolute Gasteiger partial charge is 0.257 e. The van der Waals surface area contributed by atoms with Crippen molar-refractivity contribution in [1.29, 1.82) is 0 Å². The third-order valence-electron chi connectivity index (χ3n) is 3.14. The van der Waals surface area contributed by atoms with E-state index < -0.39 is 9.84 Å². The molecule has 1 aliphatic rings. The Morgan fingerprint density at radius 3 is 2.74 bits per heavy atom. The van der Waals surface area contributed by atoms with Crippen molar-refractivity contribution in [2.75, 3.05) is 30.3 Å². The van der Waals surface area contributed by atoms with Crippen molar-refractivity contribution >= 4 is 21.4 Å². The molecule has 1 aromatic rings. The van der Waals surface area contributed by atoms with Crippen LogP contribution in [0.5, 0.6) is 5.75 Å². The number of anilines is 1. The molecule has 1 heterocycles. The number of nitrogen functional groups attached to an aromatic ring is 1. The fraction of sp³-hybridized carbons (Fsp3) is 0.417. The minimum Gasteiger partial charge on any atom is -0.505 e. The SMILES string of the molecule is Nc1cccc(C(=O)N2CCCS(=O)(=O)CC2)c1O. The average Bonchev–Trinajstić information content (AvgIpc) is 2.53. The maximum atomic E-state index is 12.3. The number of phenols is 1. The molecule has 19 heavy (non-hydrogen) atoms. The van der Waals surface area contributed by atoms with Gasteiger partial charge < -0.3 is 15.7 Å². The van der Waals surface area contributed by atoms with E-state index in [1.165, 1.54) is 17.0 Å². The zero-order valence-corrected chi connectivity index (χ0v) is 11.2. The first kappa shape index (κ1) is 13.7. The molecule has 0 saturated carbocycles. The van der Waals surface area contributed by atoms with Crippen LogP contribution in [0.25, 0.3) is 0 Å². The molecule has 0 bridgehead atoms. The Morgan fingerprint density at radius 1 is 1.26 bits per heavy atom. The minimum atomic E-state index is -3.07. The van der Waals surface area contributed by atoms with Gasteiger partial charge in [-0.1, -0.05) is 6.07 Å². The Kier molecular flexibility index (Phi) is 3.66. The summed E-state index contributed by atoms with van der Waals surface area (Å²) < 4.78 is 23.0. The predicted octanol–water partition coefficient (Wildman–Crippen LogP) is 0.235. The van der Waals surface area contributed by atoms with E-state index in [9.17, 15) is 18.3 Å². The highest BCUT2D eigenvalue weighted by molar-refractivity contribution is 7.91. The summed E-state index contributed by atoms with van der Waals surface area (Å²) in [4.78, 5) is 13.7. The van der Waals surface area contributed by atoms with Crippen molar-refractivity contribution in [3.63, 3.8) is 0 Å². The number of hydrogen-bond acceptors (Lipinski definition) is 5. The van der Waals surface area contributed by atoms with E-state index >= 15 is 0 Å². The van der Waals surface area contributed by atoms with Crippen LogP contribution in [0.15, 0.2) is 18.2 Å². The van der Waals surface area contributed by atoms with Crippen LogP contribution in [0.2, 0.25) is 0 Å². The summed E-state index contributed by atoms with van der Waals surface area (Å²) in [5, 5.41) is 9.78. The van der Waals surface area contributed by atoms with E-state index in [4.69, 9.17) is 5.73 Å². The van der Waals surface area contributed by atoms with Gasteiger partial charge in [0.2, 0.25) is 0 Å². The van der Waals surface area contributed by atoms with Crippen molar-refractivity contribution in [1.82, 2.24) is 4.90 Å². The van der Waals surface area contributed by atoms with Gasteiger partial charge >= 0.3 is 0 Å². The fourth-order valence-electron chi connectivity index (χ4n) is 2.05. The van der Waals surface area contributed by atoms with Crippen LogP contribution >= 0.6 is 0 Å². The molecule has 0 aliphatic carbocycles. The first-order valence-electron chi connectivity index (χ1n) is 5.98. The number of aromatic hydroxyl groups is 1. The van der Waals surface area contributed by atoms with Crippen molar-refractivity contribution in [2.45, 2.75) is 6.42 Å². The monoisotopic (exact) mass is 284 g/mol. The second-order valence-electron chi connectivity index (χ2n) is 4.54. The van der Waals surface area contributed by atoms with Crippen LogP contribution < -0.4 is 5.73 Å². The van der Waals surface area contributed by atoms with E-state index in [0.29, 0.717) is 13.0 Å². The van der Waals surface area contributed by atoms with E-state index in [-0.39, 0.29) is 41.0 Å². The van der Waals surface area contributed by atoms with Gasteiger partial charge in [0, 0.05) is 13.1 Å². The molecular formula is C12H16N2O4S. The standard InChI is InChI=1S/C12H16N2O4S/c13-10-4-1-3-9(11(10)15)12(16)14-5-2-7-19(17,18)8-6-14/h1,3-4,15H,2,5-8,13H2. The lowest BCUT2D eigenvalue weighted by atomic mass is 10.1. The Labute approximate surface area is 111 Å². The number of amides is 1. The number of carbonyl (C=O) groups excluding carboxylic acids is 1. The quantitative estimate of drug-likeness (QED) is 0.568. The molecule has 0 atom stereocenters.